The number of methoxy groups -OCH3 is 1. The summed E-state index contributed by atoms with van der Waals surface area (Å²) < 4.78 is 5.24. The molecule has 1 N–H and O–H groups in total. The summed E-state index contributed by atoms with van der Waals surface area (Å²) in [4.78, 5) is 26.9. The molecule has 0 unspecified atom stereocenters. The van der Waals surface area contributed by atoms with Gasteiger partial charge in [-0.05, 0) is 50.3 Å². The molecule has 2 atom stereocenters. The zero-order valence-electron chi connectivity index (χ0n) is 14.5. The minimum atomic E-state index is -0.296. The number of amides is 2. The second-order valence-electron chi connectivity index (χ2n) is 7.09. The first-order chi connectivity index (χ1) is 11.5. The largest absolute Gasteiger partial charge is 0.497 e. The molecule has 3 rings (SSSR count). The fourth-order valence-electron chi connectivity index (χ4n) is 4.10. The lowest BCUT2D eigenvalue weighted by Gasteiger charge is -2.48. The van der Waals surface area contributed by atoms with E-state index in [9.17, 15) is 9.59 Å². The Bertz CT molecular complexity index is 631. The fraction of sp³-hybridized carbons (Fsp3) is 0.579. The van der Waals surface area contributed by atoms with Crippen molar-refractivity contribution in [2.75, 3.05) is 13.7 Å². The average Bonchev–Trinajstić information content (AvgIpc) is 2.71. The zero-order chi connectivity index (χ0) is 17.2. The van der Waals surface area contributed by atoms with Crippen molar-refractivity contribution >= 4 is 11.8 Å². The number of nitrogens with zero attached hydrogens (tertiary/aromatic N) is 1. The molecule has 2 aliphatic rings. The van der Waals surface area contributed by atoms with Crippen LogP contribution in [0.3, 0.4) is 0 Å². The van der Waals surface area contributed by atoms with E-state index in [1.165, 1.54) is 0 Å². The van der Waals surface area contributed by atoms with E-state index in [4.69, 9.17) is 4.74 Å². The minimum Gasteiger partial charge on any atom is -0.497 e. The van der Waals surface area contributed by atoms with Crippen molar-refractivity contribution in [2.24, 2.45) is 0 Å². The Morgan fingerprint density at radius 2 is 2.25 bits per heavy atom. The summed E-state index contributed by atoms with van der Waals surface area (Å²) >= 11 is 0. The summed E-state index contributed by atoms with van der Waals surface area (Å²) in [6.07, 6.45) is 4.53. The normalized spacial score (nSPS) is 27.0. The van der Waals surface area contributed by atoms with Crippen LogP contribution >= 0.6 is 0 Å². The van der Waals surface area contributed by atoms with Crippen LogP contribution in [0.15, 0.2) is 24.3 Å². The smallest absolute Gasteiger partial charge is 0.227 e. The Morgan fingerprint density at radius 3 is 3.04 bits per heavy atom. The molecule has 1 aromatic rings. The van der Waals surface area contributed by atoms with Crippen molar-refractivity contribution in [3.8, 4) is 5.75 Å². The Hall–Kier alpha value is -2.04. The molecule has 2 aliphatic heterocycles. The monoisotopic (exact) mass is 330 g/mol. The van der Waals surface area contributed by atoms with Gasteiger partial charge in [0.25, 0.3) is 0 Å². The first-order valence-corrected chi connectivity index (χ1v) is 8.75. The number of likely N-dealkylation sites (tertiary alicyclic amines) is 1. The van der Waals surface area contributed by atoms with Crippen LogP contribution in [0.1, 0.15) is 44.6 Å². The van der Waals surface area contributed by atoms with E-state index in [1.807, 2.05) is 29.2 Å². The van der Waals surface area contributed by atoms with Crippen molar-refractivity contribution < 1.29 is 14.3 Å². The van der Waals surface area contributed by atoms with E-state index in [0.717, 1.165) is 43.5 Å². The van der Waals surface area contributed by atoms with Gasteiger partial charge in [0, 0.05) is 13.0 Å². The SMILES string of the molecule is COc1cccc(CC(=O)N2CCC[C@]3(C)NC(=O)CCC[C@H]23)c1. The molecule has 5 heteroatoms. The maximum atomic E-state index is 12.9. The lowest BCUT2D eigenvalue weighted by Crippen LogP contribution is -2.63. The predicted octanol–water partition coefficient (Wildman–Crippen LogP) is 2.29. The second kappa shape index (κ2) is 6.83. The van der Waals surface area contributed by atoms with E-state index in [-0.39, 0.29) is 23.4 Å². The lowest BCUT2D eigenvalue weighted by atomic mass is 9.81. The maximum Gasteiger partial charge on any atom is 0.227 e. The van der Waals surface area contributed by atoms with Gasteiger partial charge in [-0.15, -0.1) is 0 Å². The summed E-state index contributed by atoms with van der Waals surface area (Å²) in [6.45, 7) is 2.87. The van der Waals surface area contributed by atoms with Gasteiger partial charge in [0.15, 0.2) is 0 Å². The summed E-state index contributed by atoms with van der Waals surface area (Å²) in [7, 11) is 1.63. The molecule has 2 amide bonds. The van der Waals surface area contributed by atoms with Crippen molar-refractivity contribution in [1.82, 2.24) is 10.2 Å². The second-order valence-corrected chi connectivity index (χ2v) is 7.09. The Labute approximate surface area is 143 Å². The third-order valence-electron chi connectivity index (χ3n) is 5.32. The van der Waals surface area contributed by atoms with Crippen LogP contribution in [0.5, 0.6) is 5.75 Å². The van der Waals surface area contributed by atoms with Gasteiger partial charge >= 0.3 is 0 Å². The van der Waals surface area contributed by atoms with Crippen LogP contribution in [0.2, 0.25) is 0 Å². The third kappa shape index (κ3) is 3.40. The number of hydrogen-bond acceptors (Lipinski definition) is 3. The average molecular weight is 330 g/mol. The Kier molecular flexibility index (Phi) is 4.78. The Morgan fingerprint density at radius 1 is 1.42 bits per heavy atom. The van der Waals surface area contributed by atoms with Gasteiger partial charge in [-0.25, -0.2) is 0 Å². The van der Waals surface area contributed by atoms with Crippen molar-refractivity contribution in [3.05, 3.63) is 29.8 Å². The number of fused-ring (bicyclic) bond motifs is 1. The van der Waals surface area contributed by atoms with Crippen LogP contribution in [0.4, 0.5) is 0 Å². The molecule has 0 aliphatic carbocycles. The van der Waals surface area contributed by atoms with Gasteiger partial charge in [-0.3, -0.25) is 9.59 Å². The molecule has 2 heterocycles. The highest BCUT2D eigenvalue weighted by Gasteiger charge is 2.44. The molecule has 0 bridgehead atoms. The van der Waals surface area contributed by atoms with Gasteiger partial charge in [0.1, 0.15) is 5.75 Å². The Balaban J connectivity index is 1.77. The van der Waals surface area contributed by atoms with Gasteiger partial charge in [-0.1, -0.05) is 12.1 Å². The molecule has 2 fully saturated rings. The number of benzene rings is 1. The highest BCUT2D eigenvalue weighted by molar-refractivity contribution is 5.81. The van der Waals surface area contributed by atoms with Crippen LogP contribution in [0.25, 0.3) is 0 Å². The van der Waals surface area contributed by atoms with Crippen LogP contribution < -0.4 is 10.1 Å². The number of carbonyl (C=O) groups excluding carboxylic acids is 2. The predicted molar refractivity (Wildman–Crippen MR) is 91.8 cm³/mol. The molecule has 24 heavy (non-hydrogen) atoms. The molecule has 0 saturated carbocycles. The van der Waals surface area contributed by atoms with Crippen LogP contribution in [-0.4, -0.2) is 41.9 Å². The summed E-state index contributed by atoms with van der Waals surface area (Å²) in [5, 5.41) is 3.17. The molecule has 0 radical (unpaired) electrons. The van der Waals surface area contributed by atoms with Gasteiger partial charge in [0.2, 0.25) is 11.8 Å². The van der Waals surface area contributed by atoms with Gasteiger partial charge in [0.05, 0.1) is 25.1 Å². The molecule has 5 nitrogen and oxygen atoms in total. The molecule has 2 saturated heterocycles. The number of carbonyl (C=O) groups is 2. The number of hydrogen-bond donors (Lipinski definition) is 1. The quantitative estimate of drug-likeness (QED) is 0.925. The molecule has 0 spiro atoms. The lowest BCUT2D eigenvalue weighted by molar-refractivity contribution is -0.138. The van der Waals surface area contributed by atoms with Crippen molar-refractivity contribution in [3.63, 3.8) is 0 Å². The molecule has 130 valence electrons. The third-order valence-corrected chi connectivity index (χ3v) is 5.32. The standard InChI is InChI=1S/C19H26N2O3/c1-19-10-5-11-21(16(19)8-4-9-17(22)20-19)18(23)13-14-6-3-7-15(12-14)24-2/h3,6-7,12,16H,4-5,8-11,13H2,1-2H3,(H,20,22)/t16-,19-/m0/s1. The summed E-state index contributed by atoms with van der Waals surface area (Å²) in [5.41, 5.74) is 0.667. The minimum absolute atomic E-state index is 0.0933. The summed E-state index contributed by atoms with van der Waals surface area (Å²) in [6, 6.07) is 7.75. The molecular formula is C19H26N2O3. The van der Waals surface area contributed by atoms with E-state index < -0.39 is 0 Å². The van der Waals surface area contributed by atoms with Gasteiger partial charge in [-0.2, -0.15) is 0 Å². The van der Waals surface area contributed by atoms with E-state index in [2.05, 4.69) is 12.2 Å². The number of rotatable bonds is 3. The maximum absolute atomic E-state index is 12.9. The van der Waals surface area contributed by atoms with E-state index >= 15 is 0 Å². The fourth-order valence-corrected chi connectivity index (χ4v) is 4.10. The van der Waals surface area contributed by atoms with Crippen molar-refractivity contribution in [1.29, 1.82) is 0 Å². The highest BCUT2D eigenvalue weighted by atomic mass is 16.5. The summed E-state index contributed by atoms with van der Waals surface area (Å²) in [5.74, 6) is 1.02. The van der Waals surface area contributed by atoms with Crippen LogP contribution in [0, 0.1) is 0 Å². The van der Waals surface area contributed by atoms with Crippen LogP contribution in [-0.2, 0) is 16.0 Å². The number of nitrogens with one attached hydrogen (secondary N) is 1. The zero-order valence-corrected chi connectivity index (χ0v) is 14.5. The molecule has 0 aromatic heterocycles. The molecule has 1 aromatic carbocycles. The number of piperidine rings is 1. The number of ether oxygens (including phenoxy) is 1. The first-order valence-electron chi connectivity index (χ1n) is 8.75. The van der Waals surface area contributed by atoms with Gasteiger partial charge < -0.3 is 15.0 Å². The highest BCUT2D eigenvalue weighted by Crippen LogP contribution is 2.33. The van der Waals surface area contributed by atoms with E-state index in [0.29, 0.717) is 12.8 Å². The van der Waals surface area contributed by atoms with E-state index in [1.54, 1.807) is 7.11 Å². The first kappa shape index (κ1) is 16.8. The molecular weight excluding hydrogens is 304 g/mol. The van der Waals surface area contributed by atoms with Crippen molar-refractivity contribution in [2.45, 2.75) is 57.0 Å². The topological polar surface area (TPSA) is 58.6 Å².